The lowest BCUT2D eigenvalue weighted by Gasteiger charge is -2.10. The molecule has 0 atom stereocenters. The second kappa shape index (κ2) is 6.45. The van der Waals surface area contributed by atoms with Gasteiger partial charge in [-0.1, -0.05) is 11.6 Å². The SMILES string of the molecule is COc1ccc(COc2ccc(C(=N)N)c(Cl)c2)c(F)c1. The lowest BCUT2D eigenvalue weighted by atomic mass is 10.2. The molecule has 0 aliphatic carbocycles. The third-order valence-corrected chi connectivity index (χ3v) is 3.20. The van der Waals surface area contributed by atoms with Crippen LogP contribution < -0.4 is 15.2 Å². The monoisotopic (exact) mass is 308 g/mol. The maximum absolute atomic E-state index is 13.8. The summed E-state index contributed by atoms with van der Waals surface area (Å²) in [5.41, 5.74) is 6.21. The number of hydrogen-bond donors (Lipinski definition) is 2. The van der Waals surface area contributed by atoms with Gasteiger partial charge in [-0.25, -0.2) is 4.39 Å². The van der Waals surface area contributed by atoms with Crippen LogP contribution in [0.1, 0.15) is 11.1 Å². The number of amidine groups is 1. The Morgan fingerprint density at radius 1 is 1.24 bits per heavy atom. The Hall–Kier alpha value is -2.27. The van der Waals surface area contributed by atoms with E-state index in [4.69, 9.17) is 32.2 Å². The smallest absolute Gasteiger partial charge is 0.133 e. The molecule has 2 aromatic carbocycles. The van der Waals surface area contributed by atoms with Gasteiger partial charge in [-0.15, -0.1) is 0 Å². The van der Waals surface area contributed by atoms with E-state index in [-0.39, 0.29) is 12.4 Å². The van der Waals surface area contributed by atoms with Gasteiger partial charge in [0.05, 0.1) is 12.1 Å². The van der Waals surface area contributed by atoms with Crippen molar-refractivity contribution in [1.29, 1.82) is 5.41 Å². The van der Waals surface area contributed by atoms with E-state index in [1.54, 1.807) is 30.3 Å². The molecule has 2 rings (SSSR count). The molecule has 0 heterocycles. The van der Waals surface area contributed by atoms with Crippen molar-refractivity contribution >= 4 is 17.4 Å². The zero-order valence-corrected chi connectivity index (χ0v) is 12.1. The predicted octanol–water partition coefficient (Wildman–Crippen LogP) is 3.35. The van der Waals surface area contributed by atoms with Crippen molar-refractivity contribution in [1.82, 2.24) is 0 Å². The van der Waals surface area contributed by atoms with Gasteiger partial charge in [0.25, 0.3) is 0 Å². The van der Waals surface area contributed by atoms with Crippen LogP contribution in [0.5, 0.6) is 11.5 Å². The minimum atomic E-state index is -0.402. The highest BCUT2D eigenvalue weighted by Gasteiger charge is 2.08. The van der Waals surface area contributed by atoms with E-state index < -0.39 is 5.82 Å². The fraction of sp³-hybridized carbons (Fsp3) is 0.133. The molecule has 0 amide bonds. The maximum atomic E-state index is 13.8. The van der Waals surface area contributed by atoms with Crippen LogP contribution in [0.3, 0.4) is 0 Å². The Bertz CT molecular complexity index is 677. The molecule has 0 bridgehead atoms. The molecule has 0 spiro atoms. The van der Waals surface area contributed by atoms with Crippen LogP contribution in [-0.4, -0.2) is 12.9 Å². The van der Waals surface area contributed by atoms with Gasteiger partial charge in [0.2, 0.25) is 0 Å². The summed E-state index contributed by atoms with van der Waals surface area (Å²) in [6.45, 7) is 0.0611. The first kappa shape index (κ1) is 15.1. The number of benzene rings is 2. The number of ether oxygens (including phenoxy) is 2. The number of hydrogen-bond acceptors (Lipinski definition) is 3. The van der Waals surface area contributed by atoms with Gasteiger partial charge < -0.3 is 15.2 Å². The van der Waals surface area contributed by atoms with Gasteiger partial charge >= 0.3 is 0 Å². The summed E-state index contributed by atoms with van der Waals surface area (Å²) in [6, 6.07) is 9.31. The Labute approximate surface area is 126 Å². The quantitative estimate of drug-likeness (QED) is 0.657. The second-order valence-electron chi connectivity index (χ2n) is 4.30. The molecule has 0 aliphatic rings. The van der Waals surface area contributed by atoms with E-state index in [0.29, 0.717) is 27.6 Å². The molecule has 0 unspecified atom stereocenters. The van der Waals surface area contributed by atoms with Gasteiger partial charge in [0.1, 0.15) is 29.8 Å². The topological polar surface area (TPSA) is 68.3 Å². The minimum absolute atomic E-state index is 0.0611. The van der Waals surface area contributed by atoms with E-state index in [2.05, 4.69) is 0 Å². The summed E-state index contributed by atoms with van der Waals surface area (Å²) in [6.07, 6.45) is 0. The molecule has 0 radical (unpaired) electrons. The molecule has 0 saturated heterocycles. The van der Waals surface area contributed by atoms with Gasteiger partial charge in [-0.3, -0.25) is 5.41 Å². The van der Waals surface area contributed by atoms with Crippen molar-refractivity contribution in [2.45, 2.75) is 6.61 Å². The summed E-state index contributed by atoms with van der Waals surface area (Å²) in [7, 11) is 1.48. The van der Waals surface area contributed by atoms with E-state index in [1.807, 2.05) is 0 Å². The fourth-order valence-electron chi connectivity index (χ4n) is 1.74. The highest BCUT2D eigenvalue weighted by molar-refractivity contribution is 6.34. The van der Waals surface area contributed by atoms with Crippen molar-refractivity contribution in [2.75, 3.05) is 7.11 Å². The lowest BCUT2D eigenvalue weighted by Crippen LogP contribution is -2.11. The van der Waals surface area contributed by atoms with Crippen LogP contribution >= 0.6 is 11.6 Å². The lowest BCUT2D eigenvalue weighted by molar-refractivity contribution is 0.299. The van der Waals surface area contributed by atoms with E-state index in [9.17, 15) is 4.39 Å². The van der Waals surface area contributed by atoms with E-state index in [0.717, 1.165) is 0 Å². The van der Waals surface area contributed by atoms with Gasteiger partial charge in [0.15, 0.2) is 0 Å². The van der Waals surface area contributed by atoms with Gasteiger partial charge in [0, 0.05) is 17.2 Å². The highest BCUT2D eigenvalue weighted by Crippen LogP contribution is 2.24. The molecular formula is C15H14ClFN2O2. The molecule has 6 heteroatoms. The standard InChI is InChI=1S/C15H14ClFN2O2/c1-20-10-3-2-9(14(17)7-10)8-21-11-4-5-12(15(18)19)13(16)6-11/h2-7H,8H2,1H3,(H3,18,19). The summed E-state index contributed by atoms with van der Waals surface area (Å²) in [5, 5.41) is 7.66. The number of nitrogens with two attached hydrogens (primary N) is 1. The van der Waals surface area contributed by atoms with Gasteiger partial charge in [-0.05, 0) is 30.3 Å². The number of methoxy groups -OCH3 is 1. The average Bonchev–Trinajstić information content (AvgIpc) is 2.45. The predicted molar refractivity (Wildman–Crippen MR) is 79.8 cm³/mol. The zero-order valence-electron chi connectivity index (χ0n) is 11.3. The molecule has 2 aromatic rings. The molecular weight excluding hydrogens is 295 g/mol. The largest absolute Gasteiger partial charge is 0.497 e. The Morgan fingerprint density at radius 2 is 1.95 bits per heavy atom. The van der Waals surface area contributed by atoms with Crippen LogP contribution in [0.15, 0.2) is 36.4 Å². The molecule has 0 aromatic heterocycles. The van der Waals surface area contributed by atoms with Crippen molar-refractivity contribution in [2.24, 2.45) is 5.73 Å². The number of nitrogen functional groups attached to an aromatic ring is 1. The Balaban J connectivity index is 2.10. The fourth-order valence-corrected chi connectivity index (χ4v) is 2.01. The summed E-state index contributed by atoms with van der Waals surface area (Å²) < 4.78 is 24.2. The molecule has 3 N–H and O–H groups in total. The molecule has 21 heavy (non-hydrogen) atoms. The normalized spacial score (nSPS) is 10.2. The zero-order chi connectivity index (χ0) is 15.4. The van der Waals surface area contributed by atoms with Crippen LogP contribution in [0.4, 0.5) is 4.39 Å². The Morgan fingerprint density at radius 3 is 2.52 bits per heavy atom. The van der Waals surface area contributed by atoms with Crippen molar-refractivity contribution in [3.63, 3.8) is 0 Å². The van der Waals surface area contributed by atoms with Crippen LogP contribution in [0.2, 0.25) is 5.02 Å². The van der Waals surface area contributed by atoms with Crippen molar-refractivity contribution < 1.29 is 13.9 Å². The number of nitrogens with one attached hydrogen (secondary N) is 1. The minimum Gasteiger partial charge on any atom is -0.497 e. The maximum Gasteiger partial charge on any atom is 0.133 e. The summed E-state index contributed by atoms with van der Waals surface area (Å²) >= 11 is 5.99. The highest BCUT2D eigenvalue weighted by atomic mass is 35.5. The first-order valence-electron chi connectivity index (χ1n) is 6.10. The van der Waals surface area contributed by atoms with Crippen LogP contribution in [0.25, 0.3) is 0 Å². The van der Waals surface area contributed by atoms with E-state index in [1.165, 1.54) is 13.2 Å². The summed E-state index contributed by atoms with van der Waals surface area (Å²) in [5.74, 6) is 0.402. The molecule has 110 valence electrons. The first-order chi connectivity index (χ1) is 10.0. The Kier molecular flexibility index (Phi) is 4.65. The average molecular weight is 309 g/mol. The van der Waals surface area contributed by atoms with Crippen LogP contribution in [0, 0.1) is 11.2 Å². The number of rotatable bonds is 5. The first-order valence-corrected chi connectivity index (χ1v) is 6.48. The third kappa shape index (κ3) is 3.64. The third-order valence-electron chi connectivity index (χ3n) is 2.89. The molecule has 4 nitrogen and oxygen atoms in total. The molecule has 0 aliphatic heterocycles. The van der Waals surface area contributed by atoms with Gasteiger partial charge in [-0.2, -0.15) is 0 Å². The number of halogens is 2. The second-order valence-corrected chi connectivity index (χ2v) is 4.71. The van der Waals surface area contributed by atoms with Crippen molar-refractivity contribution in [3.05, 3.63) is 58.4 Å². The summed E-state index contributed by atoms with van der Waals surface area (Å²) in [4.78, 5) is 0. The van der Waals surface area contributed by atoms with Crippen molar-refractivity contribution in [3.8, 4) is 11.5 Å². The van der Waals surface area contributed by atoms with Crippen LogP contribution in [-0.2, 0) is 6.61 Å². The molecule has 0 fully saturated rings. The van der Waals surface area contributed by atoms with E-state index >= 15 is 0 Å². The molecule has 0 saturated carbocycles.